The summed E-state index contributed by atoms with van der Waals surface area (Å²) in [5.74, 6) is 1.42. The second-order valence-corrected chi connectivity index (χ2v) is 7.03. The summed E-state index contributed by atoms with van der Waals surface area (Å²) in [6.07, 6.45) is 1.27. The van der Waals surface area contributed by atoms with Gasteiger partial charge in [0.2, 0.25) is 5.91 Å². The highest BCUT2D eigenvalue weighted by atomic mass is 79.9. The van der Waals surface area contributed by atoms with E-state index >= 15 is 0 Å². The van der Waals surface area contributed by atoms with Crippen molar-refractivity contribution in [3.8, 4) is 0 Å². The molecule has 0 aromatic heterocycles. The van der Waals surface area contributed by atoms with E-state index in [4.69, 9.17) is 0 Å². The normalized spacial score (nSPS) is 23.6. The number of nitrogens with zero attached hydrogens (tertiary/aromatic N) is 1. The Hall–Kier alpha value is -0.870. The van der Waals surface area contributed by atoms with E-state index in [0.717, 1.165) is 23.2 Å². The van der Waals surface area contributed by atoms with Crippen LogP contribution in [0.5, 0.6) is 0 Å². The third-order valence-corrected chi connectivity index (χ3v) is 4.37. The molecule has 1 saturated heterocycles. The Morgan fingerprint density at radius 2 is 2.00 bits per heavy atom. The minimum absolute atomic E-state index is 0.0656. The van der Waals surface area contributed by atoms with Crippen LogP contribution in [-0.4, -0.2) is 30.4 Å². The van der Waals surface area contributed by atoms with Crippen molar-refractivity contribution in [2.24, 2.45) is 11.8 Å². The molecule has 1 amide bonds. The average Bonchev–Trinajstić information content (AvgIpc) is 2.31. The zero-order valence-electron chi connectivity index (χ0n) is 12.4. The number of likely N-dealkylation sites (tertiary alicyclic amines) is 1. The lowest BCUT2D eigenvalue weighted by molar-refractivity contribution is -0.117. The van der Waals surface area contributed by atoms with Gasteiger partial charge in [-0.05, 0) is 58.8 Å². The van der Waals surface area contributed by atoms with Crippen molar-refractivity contribution in [2.75, 3.05) is 25.0 Å². The van der Waals surface area contributed by atoms with Crippen LogP contribution in [0.2, 0.25) is 0 Å². The highest BCUT2D eigenvalue weighted by Crippen LogP contribution is 2.24. The van der Waals surface area contributed by atoms with Gasteiger partial charge in [0.1, 0.15) is 0 Å². The number of carbonyl (C=O) groups excluding carboxylic acids is 1. The molecular formula is C16H23BrN2O. The number of hydrogen-bond acceptors (Lipinski definition) is 2. The Morgan fingerprint density at radius 1 is 1.35 bits per heavy atom. The lowest BCUT2D eigenvalue weighted by atomic mass is 9.92. The number of amides is 1. The van der Waals surface area contributed by atoms with Gasteiger partial charge in [0.05, 0.1) is 12.2 Å². The molecule has 1 aromatic carbocycles. The highest BCUT2D eigenvalue weighted by molar-refractivity contribution is 9.10. The van der Waals surface area contributed by atoms with E-state index in [9.17, 15) is 4.79 Å². The Bertz CT molecular complexity index is 479. The Labute approximate surface area is 129 Å². The first-order chi connectivity index (χ1) is 9.44. The highest BCUT2D eigenvalue weighted by Gasteiger charge is 2.23. The largest absolute Gasteiger partial charge is 0.324 e. The number of benzene rings is 1. The molecule has 1 aromatic rings. The number of halogens is 1. The fourth-order valence-electron chi connectivity index (χ4n) is 3.04. The summed E-state index contributed by atoms with van der Waals surface area (Å²) in [5, 5.41) is 2.99. The molecule has 0 aliphatic carbocycles. The van der Waals surface area contributed by atoms with Gasteiger partial charge < -0.3 is 5.32 Å². The topological polar surface area (TPSA) is 32.3 Å². The maximum Gasteiger partial charge on any atom is 0.238 e. The quantitative estimate of drug-likeness (QED) is 0.911. The molecule has 3 nitrogen and oxygen atoms in total. The van der Waals surface area contributed by atoms with Gasteiger partial charge in [-0.15, -0.1) is 0 Å². The summed E-state index contributed by atoms with van der Waals surface area (Å²) < 4.78 is 0.936. The molecular weight excluding hydrogens is 316 g/mol. The zero-order valence-corrected chi connectivity index (χ0v) is 14.0. The van der Waals surface area contributed by atoms with Crippen LogP contribution in [0.1, 0.15) is 25.8 Å². The molecule has 0 radical (unpaired) electrons. The SMILES string of the molecule is Cc1ccc(NC(=O)CN2C[C@H](C)C[C@H](C)C2)c(Br)c1. The first-order valence-electron chi connectivity index (χ1n) is 7.22. The van der Waals surface area contributed by atoms with Crippen LogP contribution in [0.15, 0.2) is 22.7 Å². The Kier molecular flexibility index (Phi) is 5.22. The molecule has 4 heteroatoms. The van der Waals surface area contributed by atoms with E-state index in [1.807, 2.05) is 25.1 Å². The molecule has 1 aliphatic rings. The number of anilines is 1. The zero-order chi connectivity index (χ0) is 14.7. The van der Waals surface area contributed by atoms with Crippen molar-refractivity contribution in [2.45, 2.75) is 27.2 Å². The number of carbonyl (C=O) groups is 1. The molecule has 1 N–H and O–H groups in total. The van der Waals surface area contributed by atoms with Crippen LogP contribution < -0.4 is 5.32 Å². The minimum Gasteiger partial charge on any atom is -0.324 e. The van der Waals surface area contributed by atoms with Gasteiger partial charge >= 0.3 is 0 Å². The van der Waals surface area contributed by atoms with Gasteiger partial charge in [0.25, 0.3) is 0 Å². The minimum atomic E-state index is 0.0656. The summed E-state index contributed by atoms with van der Waals surface area (Å²) in [5.41, 5.74) is 2.02. The Balaban J connectivity index is 1.92. The Morgan fingerprint density at radius 3 is 2.60 bits per heavy atom. The van der Waals surface area contributed by atoms with Crippen LogP contribution in [0.25, 0.3) is 0 Å². The van der Waals surface area contributed by atoms with E-state index in [2.05, 4.69) is 40.0 Å². The summed E-state index contributed by atoms with van der Waals surface area (Å²) >= 11 is 3.49. The van der Waals surface area contributed by atoms with E-state index in [1.54, 1.807) is 0 Å². The molecule has 0 saturated carbocycles. The predicted molar refractivity (Wildman–Crippen MR) is 86.9 cm³/mol. The van der Waals surface area contributed by atoms with E-state index in [-0.39, 0.29) is 5.91 Å². The molecule has 1 fully saturated rings. The first kappa shape index (κ1) is 15.5. The summed E-state index contributed by atoms with van der Waals surface area (Å²) in [6, 6.07) is 5.96. The van der Waals surface area contributed by atoms with E-state index in [0.29, 0.717) is 18.4 Å². The summed E-state index contributed by atoms with van der Waals surface area (Å²) in [7, 11) is 0. The van der Waals surface area contributed by atoms with Crippen molar-refractivity contribution in [1.29, 1.82) is 0 Å². The molecule has 2 atom stereocenters. The van der Waals surface area contributed by atoms with Gasteiger partial charge in [0, 0.05) is 17.6 Å². The number of nitrogens with one attached hydrogen (secondary N) is 1. The fraction of sp³-hybridized carbons (Fsp3) is 0.562. The van der Waals surface area contributed by atoms with Crippen molar-refractivity contribution in [3.05, 3.63) is 28.2 Å². The van der Waals surface area contributed by atoms with Crippen LogP contribution in [0, 0.1) is 18.8 Å². The summed E-state index contributed by atoms with van der Waals surface area (Å²) in [6.45, 7) is 9.08. The monoisotopic (exact) mass is 338 g/mol. The first-order valence-corrected chi connectivity index (χ1v) is 8.01. The average molecular weight is 339 g/mol. The second kappa shape index (κ2) is 6.72. The molecule has 0 spiro atoms. The maximum atomic E-state index is 12.2. The van der Waals surface area contributed by atoms with Crippen LogP contribution >= 0.6 is 15.9 Å². The molecule has 110 valence electrons. The standard InChI is InChI=1S/C16H23BrN2O/c1-11-4-5-15(14(17)7-11)18-16(20)10-19-8-12(2)6-13(3)9-19/h4-5,7,12-13H,6,8-10H2,1-3H3,(H,18,20)/t12-,13+. The van der Waals surface area contributed by atoms with Crippen LogP contribution in [0.4, 0.5) is 5.69 Å². The van der Waals surface area contributed by atoms with Gasteiger partial charge in [-0.2, -0.15) is 0 Å². The fourth-order valence-corrected chi connectivity index (χ4v) is 3.63. The van der Waals surface area contributed by atoms with Gasteiger partial charge in [-0.1, -0.05) is 19.9 Å². The van der Waals surface area contributed by atoms with Gasteiger partial charge in [-0.25, -0.2) is 0 Å². The molecule has 0 bridgehead atoms. The predicted octanol–water partition coefficient (Wildman–Crippen LogP) is 3.67. The molecule has 2 rings (SSSR count). The van der Waals surface area contributed by atoms with Crippen LogP contribution in [-0.2, 0) is 4.79 Å². The second-order valence-electron chi connectivity index (χ2n) is 6.17. The van der Waals surface area contributed by atoms with Crippen molar-refractivity contribution >= 4 is 27.5 Å². The van der Waals surface area contributed by atoms with E-state index in [1.165, 1.54) is 12.0 Å². The van der Waals surface area contributed by atoms with Crippen molar-refractivity contribution in [3.63, 3.8) is 0 Å². The van der Waals surface area contributed by atoms with Gasteiger partial charge in [-0.3, -0.25) is 9.69 Å². The van der Waals surface area contributed by atoms with Crippen LogP contribution in [0.3, 0.4) is 0 Å². The van der Waals surface area contributed by atoms with E-state index < -0.39 is 0 Å². The molecule has 1 aliphatic heterocycles. The van der Waals surface area contributed by atoms with Crippen molar-refractivity contribution in [1.82, 2.24) is 4.90 Å². The van der Waals surface area contributed by atoms with Crippen molar-refractivity contribution < 1.29 is 4.79 Å². The third kappa shape index (κ3) is 4.32. The summed E-state index contributed by atoms with van der Waals surface area (Å²) in [4.78, 5) is 14.4. The number of aryl methyl sites for hydroxylation is 1. The van der Waals surface area contributed by atoms with Gasteiger partial charge in [0.15, 0.2) is 0 Å². The molecule has 20 heavy (non-hydrogen) atoms. The third-order valence-electron chi connectivity index (χ3n) is 3.71. The number of rotatable bonds is 3. The number of piperidine rings is 1. The molecule has 1 heterocycles. The lowest BCUT2D eigenvalue weighted by Gasteiger charge is -2.34. The maximum absolute atomic E-state index is 12.2. The smallest absolute Gasteiger partial charge is 0.238 e. The lowest BCUT2D eigenvalue weighted by Crippen LogP contribution is -2.42. The molecule has 0 unspecified atom stereocenters. The number of hydrogen-bond donors (Lipinski definition) is 1.